The molecule has 5 heteroatoms. The first-order valence-corrected chi connectivity index (χ1v) is 4.07. The fraction of sp³-hybridized carbons (Fsp3) is 0.500. The van der Waals surface area contributed by atoms with Gasteiger partial charge in [-0.05, 0) is 5.92 Å². The van der Waals surface area contributed by atoms with Gasteiger partial charge in [0.2, 0.25) is 0 Å². The molecular weight excluding hydrogens is 168 g/mol. The Bertz CT molecular complexity index is 327. The van der Waals surface area contributed by atoms with Crippen molar-refractivity contribution < 1.29 is 5.21 Å². The van der Waals surface area contributed by atoms with Gasteiger partial charge in [0.05, 0.1) is 17.5 Å². The molecule has 0 atom stereocenters. The van der Waals surface area contributed by atoms with E-state index in [1.54, 1.807) is 10.9 Å². The van der Waals surface area contributed by atoms with Gasteiger partial charge in [-0.15, -0.1) is 0 Å². The highest BCUT2D eigenvalue weighted by atomic mass is 16.4. The topological polar surface area (TPSA) is 76.4 Å². The van der Waals surface area contributed by atoms with Crippen LogP contribution in [0.4, 0.5) is 0 Å². The number of nitrogens with two attached hydrogens (primary N) is 1. The Hall–Kier alpha value is -1.52. The molecule has 0 fully saturated rings. The molecule has 0 spiro atoms. The molecule has 0 aliphatic rings. The maximum Gasteiger partial charge on any atom is 0.173 e. The van der Waals surface area contributed by atoms with Crippen LogP contribution < -0.4 is 5.73 Å². The highest BCUT2D eigenvalue weighted by Crippen LogP contribution is 2.17. The van der Waals surface area contributed by atoms with Crippen molar-refractivity contribution >= 4 is 5.84 Å². The average Bonchev–Trinajstić information content (AvgIpc) is 2.45. The van der Waals surface area contributed by atoms with Crippen LogP contribution in [0.3, 0.4) is 0 Å². The molecule has 1 aromatic heterocycles. The fourth-order valence-corrected chi connectivity index (χ4v) is 1.38. The summed E-state index contributed by atoms with van der Waals surface area (Å²) in [6.07, 6.45) is 1.60. The van der Waals surface area contributed by atoms with Gasteiger partial charge in [0, 0.05) is 7.05 Å². The van der Waals surface area contributed by atoms with E-state index in [-0.39, 0.29) is 5.84 Å². The van der Waals surface area contributed by atoms with Crippen molar-refractivity contribution in [1.82, 2.24) is 9.78 Å². The van der Waals surface area contributed by atoms with E-state index in [2.05, 4.69) is 10.3 Å². The quantitative estimate of drug-likeness (QED) is 0.305. The smallest absolute Gasteiger partial charge is 0.173 e. The van der Waals surface area contributed by atoms with Gasteiger partial charge in [-0.2, -0.15) is 5.10 Å². The third-order valence-electron chi connectivity index (χ3n) is 1.92. The standard InChI is InChI=1S/C8H14N4O/c1-5(2)7-6(8(9)11-13)4-10-12(7)3/h4-5,13H,1-3H3,(H2,9,11). The lowest BCUT2D eigenvalue weighted by molar-refractivity contribution is 0.318. The molecule has 1 heterocycles. The molecule has 0 saturated heterocycles. The number of nitrogens with zero attached hydrogens (tertiary/aromatic N) is 3. The number of hydrogen-bond acceptors (Lipinski definition) is 3. The summed E-state index contributed by atoms with van der Waals surface area (Å²) in [6.45, 7) is 4.07. The summed E-state index contributed by atoms with van der Waals surface area (Å²) < 4.78 is 1.73. The second-order valence-electron chi connectivity index (χ2n) is 3.21. The number of oxime groups is 1. The molecule has 0 aliphatic carbocycles. The predicted octanol–water partition coefficient (Wildman–Crippen LogP) is 0.638. The van der Waals surface area contributed by atoms with Gasteiger partial charge in [-0.25, -0.2) is 0 Å². The molecule has 0 saturated carbocycles. The van der Waals surface area contributed by atoms with Gasteiger partial charge in [-0.3, -0.25) is 4.68 Å². The summed E-state index contributed by atoms with van der Waals surface area (Å²) in [6, 6.07) is 0. The Morgan fingerprint density at radius 3 is 2.77 bits per heavy atom. The second-order valence-corrected chi connectivity index (χ2v) is 3.21. The summed E-state index contributed by atoms with van der Waals surface area (Å²) in [7, 11) is 1.84. The highest BCUT2D eigenvalue weighted by Gasteiger charge is 2.14. The maximum absolute atomic E-state index is 8.53. The van der Waals surface area contributed by atoms with Crippen molar-refractivity contribution in [2.24, 2.45) is 17.9 Å². The molecule has 0 amide bonds. The molecule has 72 valence electrons. The summed E-state index contributed by atoms with van der Waals surface area (Å²) in [5.74, 6) is 0.402. The molecule has 13 heavy (non-hydrogen) atoms. The van der Waals surface area contributed by atoms with Gasteiger partial charge >= 0.3 is 0 Å². The normalized spacial score (nSPS) is 12.5. The van der Waals surface area contributed by atoms with E-state index in [1.807, 2.05) is 20.9 Å². The summed E-state index contributed by atoms with van der Waals surface area (Å²) >= 11 is 0. The summed E-state index contributed by atoms with van der Waals surface area (Å²) in [5.41, 5.74) is 7.16. The molecule has 1 rings (SSSR count). The molecule has 1 aromatic rings. The zero-order valence-corrected chi connectivity index (χ0v) is 8.02. The van der Waals surface area contributed by atoms with Crippen molar-refractivity contribution in [3.63, 3.8) is 0 Å². The van der Waals surface area contributed by atoms with Crippen LogP contribution in [0.15, 0.2) is 11.4 Å². The average molecular weight is 182 g/mol. The molecule has 5 nitrogen and oxygen atoms in total. The van der Waals surface area contributed by atoms with Crippen molar-refractivity contribution in [1.29, 1.82) is 0 Å². The van der Waals surface area contributed by atoms with Crippen molar-refractivity contribution in [2.75, 3.05) is 0 Å². The van der Waals surface area contributed by atoms with Gasteiger partial charge in [-0.1, -0.05) is 19.0 Å². The first-order chi connectivity index (χ1) is 6.07. The lowest BCUT2D eigenvalue weighted by atomic mass is 10.1. The first kappa shape index (κ1) is 9.57. The number of hydrogen-bond donors (Lipinski definition) is 2. The third kappa shape index (κ3) is 1.63. The van der Waals surface area contributed by atoms with E-state index in [0.717, 1.165) is 5.69 Å². The lowest BCUT2D eigenvalue weighted by Crippen LogP contribution is -2.16. The minimum Gasteiger partial charge on any atom is -0.409 e. The van der Waals surface area contributed by atoms with Crippen LogP contribution in [-0.2, 0) is 7.05 Å². The Morgan fingerprint density at radius 2 is 2.31 bits per heavy atom. The van der Waals surface area contributed by atoms with Crippen LogP contribution in [0.1, 0.15) is 31.0 Å². The molecular formula is C8H14N4O. The highest BCUT2D eigenvalue weighted by molar-refractivity contribution is 5.98. The molecule has 0 aliphatic heterocycles. The Kier molecular flexibility index (Phi) is 2.55. The van der Waals surface area contributed by atoms with Gasteiger partial charge in [0.1, 0.15) is 0 Å². The second kappa shape index (κ2) is 3.47. The number of aromatic nitrogens is 2. The first-order valence-electron chi connectivity index (χ1n) is 4.07. The molecule has 0 bridgehead atoms. The molecule has 3 N–H and O–H groups in total. The fourth-order valence-electron chi connectivity index (χ4n) is 1.38. The SMILES string of the molecule is CC(C)c1c(/C(N)=N\O)cnn1C. The van der Waals surface area contributed by atoms with E-state index in [9.17, 15) is 0 Å². The van der Waals surface area contributed by atoms with Crippen LogP contribution in [0.2, 0.25) is 0 Å². The lowest BCUT2D eigenvalue weighted by Gasteiger charge is -2.07. The van der Waals surface area contributed by atoms with Crippen molar-refractivity contribution in [2.45, 2.75) is 19.8 Å². The maximum atomic E-state index is 8.53. The van der Waals surface area contributed by atoms with E-state index < -0.39 is 0 Å². The van der Waals surface area contributed by atoms with E-state index in [0.29, 0.717) is 11.5 Å². The van der Waals surface area contributed by atoms with E-state index >= 15 is 0 Å². The Balaban J connectivity index is 3.23. The Labute approximate surface area is 76.8 Å². The summed E-state index contributed by atoms with van der Waals surface area (Å²) in [4.78, 5) is 0. The minimum absolute atomic E-state index is 0.108. The zero-order chi connectivity index (χ0) is 10.0. The Morgan fingerprint density at radius 1 is 1.69 bits per heavy atom. The largest absolute Gasteiger partial charge is 0.409 e. The van der Waals surface area contributed by atoms with Crippen LogP contribution in [-0.4, -0.2) is 20.8 Å². The van der Waals surface area contributed by atoms with E-state index in [1.165, 1.54) is 0 Å². The van der Waals surface area contributed by atoms with E-state index in [4.69, 9.17) is 10.9 Å². The monoisotopic (exact) mass is 182 g/mol. The van der Waals surface area contributed by atoms with Crippen molar-refractivity contribution in [3.05, 3.63) is 17.5 Å². The van der Waals surface area contributed by atoms with Crippen LogP contribution in [0.25, 0.3) is 0 Å². The van der Waals surface area contributed by atoms with Gasteiger partial charge < -0.3 is 10.9 Å². The minimum atomic E-state index is 0.108. The van der Waals surface area contributed by atoms with Crippen molar-refractivity contribution in [3.8, 4) is 0 Å². The molecule has 0 unspecified atom stereocenters. The molecule has 0 aromatic carbocycles. The van der Waals surface area contributed by atoms with Crippen LogP contribution in [0.5, 0.6) is 0 Å². The summed E-state index contributed by atoms with van der Waals surface area (Å²) in [5, 5.41) is 15.5. The number of amidine groups is 1. The number of rotatable bonds is 2. The van der Waals surface area contributed by atoms with Gasteiger partial charge in [0.25, 0.3) is 0 Å². The van der Waals surface area contributed by atoms with Crippen LogP contribution in [0, 0.1) is 0 Å². The molecule has 0 radical (unpaired) electrons. The number of aryl methyl sites for hydroxylation is 1. The predicted molar refractivity (Wildman–Crippen MR) is 49.8 cm³/mol. The van der Waals surface area contributed by atoms with Crippen LogP contribution >= 0.6 is 0 Å². The van der Waals surface area contributed by atoms with Gasteiger partial charge in [0.15, 0.2) is 5.84 Å². The zero-order valence-electron chi connectivity index (χ0n) is 8.02. The third-order valence-corrected chi connectivity index (χ3v) is 1.92.